The lowest BCUT2D eigenvalue weighted by Gasteiger charge is -2.22. The number of benzene rings is 2. The molecule has 2 heterocycles. The summed E-state index contributed by atoms with van der Waals surface area (Å²) < 4.78 is 16.3. The van der Waals surface area contributed by atoms with Gasteiger partial charge in [0, 0.05) is 30.1 Å². The van der Waals surface area contributed by atoms with Gasteiger partial charge in [-0.1, -0.05) is 5.57 Å². The molecule has 0 bridgehead atoms. The maximum absolute atomic E-state index is 5.47. The topological polar surface area (TPSA) is 73.5 Å². The molecule has 0 radical (unpaired) electrons. The van der Waals surface area contributed by atoms with Crippen LogP contribution >= 0.6 is 0 Å². The van der Waals surface area contributed by atoms with Gasteiger partial charge in [-0.15, -0.1) is 0 Å². The van der Waals surface area contributed by atoms with Gasteiger partial charge in [0.05, 0.1) is 43.3 Å². The number of methoxy groups -OCH3 is 2. The molecule has 1 aliphatic carbocycles. The van der Waals surface area contributed by atoms with Crippen LogP contribution in [0.3, 0.4) is 0 Å². The maximum Gasteiger partial charge on any atom is 0.181 e. The van der Waals surface area contributed by atoms with E-state index in [1.165, 1.54) is 12.0 Å². The predicted octanol–water partition coefficient (Wildman–Crippen LogP) is 5.12. The van der Waals surface area contributed by atoms with Gasteiger partial charge in [0.2, 0.25) is 0 Å². The number of hydrogen-bond donors (Lipinski definition) is 0. The SMILES string of the molecule is COc1cc(OC)cc(N(C=C2CC2)c2ccc3ncc(-c4cnco4)nc3c2)c1. The Bertz CT molecular complexity index is 1210. The minimum Gasteiger partial charge on any atom is -0.497 e. The fourth-order valence-electron chi connectivity index (χ4n) is 3.22. The van der Waals surface area contributed by atoms with Crippen LogP contribution in [0.4, 0.5) is 11.4 Å². The molecule has 0 saturated heterocycles. The summed E-state index contributed by atoms with van der Waals surface area (Å²) in [6, 6.07) is 11.9. The molecule has 7 nitrogen and oxygen atoms in total. The first-order chi connectivity index (χ1) is 14.7. The van der Waals surface area contributed by atoms with Crippen molar-refractivity contribution >= 4 is 22.4 Å². The van der Waals surface area contributed by atoms with Crippen molar-refractivity contribution in [3.8, 4) is 23.0 Å². The van der Waals surface area contributed by atoms with Crippen molar-refractivity contribution in [3.63, 3.8) is 0 Å². The Morgan fingerprint density at radius 3 is 2.40 bits per heavy atom. The van der Waals surface area contributed by atoms with Crippen LogP contribution in [0.15, 0.2) is 71.4 Å². The molecule has 2 aromatic carbocycles. The first kappa shape index (κ1) is 18.2. The van der Waals surface area contributed by atoms with Gasteiger partial charge in [-0.2, -0.15) is 0 Å². The van der Waals surface area contributed by atoms with Crippen LogP contribution in [0.25, 0.3) is 22.5 Å². The highest BCUT2D eigenvalue weighted by atomic mass is 16.5. The molecule has 0 N–H and O–H groups in total. The van der Waals surface area contributed by atoms with Gasteiger partial charge in [0.1, 0.15) is 17.2 Å². The number of allylic oxidation sites excluding steroid dienone is 1. The molecule has 0 atom stereocenters. The highest BCUT2D eigenvalue weighted by Crippen LogP contribution is 2.37. The highest BCUT2D eigenvalue weighted by molar-refractivity contribution is 5.83. The Balaban J connectivity index is 1.62. The van der Waals surface area contributed by atoms with Crippen molar-refractivity contribution in [2.24, 2.45) is 0 Å². The number of anilines is 2. The van der Waals surface area contributed by atoms with E-state index in [4.69, 9.17) is 18.9 Å². The molecule has 2 aromatic heterocycles. The molecule has 0 aliphatic heterocycles. The monoisotopic (exact) mass is 400 g/mol. The van der Waals surface area contributed by atoms with Crippen LogP contribution in [0.5, 0.6) is 11.5 Å². The van der Waals surface area contributed by atoms with E-state index in [1.54, 1.807) is 26.6 Å². The number of aromatic nitrogens is 3. The van der Waals surface area contributed by atoms with Crippen LogP contribution in [0.1, 0.15) is 12.8 Å². The van der Waals surface area contributed by atoms with E-state index >= 15 is 0 Å². The van der Waals surface area contributed by atoms with Crippen molar-refractivity contribution in [3.05, 3.63) is 67.0 Å². The zero-order valence-electron chi connectivity index (χ0n) is 16.7. The average Bonchev–Trinajstić information content (AvgIpc) is 3.45. The third-order valence-corrected chi connectivity index (χ3v) is 4.95. The fourth-order valence-corrected chi connectivity index (χ4v) is 3.22. The Hall–Kier alpha value is -3.87. The summed E-state index contributed by atoms with van der Waals surface area (Å²) in [5, 5.41) is 0. The van der Waals surface area contributed by atoms with E-state index in [0.717, 1.165) is 46.7 Å². The molecule has 7 heteroatoms. The van der Waals surface area contributed by atoms with Crippen molar-refractivity contribution in [2.45, 2.75) is 12.8 Å². The Kier molecular flexibility index (Phi) is 4.55. The Labute approximate surface area is 173 Å². The van der Waals surface area contributed by atoms with Gasteiger partial charge >= 0.3 is 0 Å². The number of rotatable bonds is 6. The van der Waals surface area contributed by atoms with E-state index in [9.17, 15) is 0 Å². The van der Waals surface area contributed by atoms with Gasteiger partial charge in [0.15, 0.2) is 12.2 Å². The molecule has 1 fully saturated rings. The zero-order chi connectivity index (χ0) is 20.5. The van der Waals surface area contributed by atoms with Gasteiger partial charge in [-0.05, 0) is 31.0 Å². The second-order valence-corrected chi connectivity index (χ2v) is 7.02. The minimum absolute atomic E-state index is 0.587. The molecule has 1 aliphatic rings. The molecular formula is C23H20N4O3. The highest BCUT2D eigenvalue weighted by Gasteiger charge is 2.18. The quantitative estimate of drug-likeness (QED) is 0.445. The first-order valence-corrected chi connectivity index (χ1v) is 9.61. The number of fused-ring (bicyclic) bond motifs is 1. The zero-order valence-corrected chi connectivity index (χ0v) is 16.7. The standard InChI is InChI=1S/C23H20N4O3/c1-28-18-7-17(8-19(10-18)29-2)27(13-15-3-4-15)16-5-6-20-21(9-16)26-22(11-25-20)23-12-24-14-30-23/h5-14H,3-4H2,1-2H3. The largest absolute Gasteiger partial charge is 0.497 e. The van der Waals surface area contributed by atoms with E-state index < -0.39 is 0 Å². The van der Waals surface area contributed by atoms with Crippen molar-refractivity contribution < 1.29 is 13.9 Å². The summed E-state index contributed by atoms with van der Waals surface area (Å²) in [4.78, 5) is 15.3. The summed E-state index contributed by atoms with van der Waals surface area (Å²) in [7, 11) is 3.30. The second kappa shape index (κ2) is 7.51. The molecule has 5 rings (SSSR count). The van der Waals surface area contributed by atoms with Gasteiger partial charge in [0.25, 0.3) is 0 Å². The van der Waals surface area contributed by atoms with Gasteiger partial charge in [-0.3, -0.25) is 4.98 Å². The number of oxazole rings is 1. The summed E-state index contributed by atoms with van der Waals surface area (Å²) in [5.41, 5.74) is 5.54. The Morgan fingerprint density at radius 1 is 0.933 bits per heavy atom. The average molecular weight is 400 g/mol. The van der Waals surface area contributed by atoms with E-state index in [-0.39, 0.29) is 0 Å². The molecule has 0 unspecified atom stereocenters. The van der Waals surface area contributed by atoms with Crippen LogP contribution in [-0.4, -0.2) is 29.2 Å². The predicted molar refractivity (Wildman–Crippen MR) is 114 cm³/mol. The summed E-state index contributed by atoms with van der Waals surface area (Å²) in [6.45, 7) is 0. The molecule has 1 saturated carbocycles. The van der Waals surface area contributed by atoms with Crippen LogP contribution in [-0.2, 0) is 0 Å². The Morgan fingerprint density at radius 2 is 1.73 bits per heavy atom. The van der Waals surface area contributed by atoms with Gasteiger partial charge < -0.3 is 18.8 Å². The van der Waals surface area contributed by atoms with Crippen molar-refractivity contribution in [1.29, 1.82) is 0 Å². The normalized spacial score (nSPS) is 12.7. The number of ether oxygens (including phenoxy) is 2. The maximum atomic E-state index is 5.47. The third-order valence-electron chi connectivity index (χ3n) is 4.95. The molecule has 150 valence electrons. The van der Waals surface area contributed by atoms with E-state index in [2.05, 4.69) is 21.1 Å². The van der Waals surface area contributed by atoms with Crippen LogP contribution in [0.2, 0.25) is 0 Å². The molecule has 4 aromatic rings. The van der Waals surface area contributed by atoms with Crippen LogP contribution < -0.4 is 14.4 Å². The summed E-state index contributed by atoms with van der Waals surface area (Å²) >= 11 is 0. The lowest BCUT2D eigenvalue weighted by atomic mass is 10.2. The second-order valence-electron chi connectivity index (χ2n) is 7.02. The van der Waals surface area contributed by atoms with E-state index in [0.29, 0.717) is 11.5 Å². The molecule has 0 amide bonds. The van der Waals surface area contributed by atoms with E-state index in [1.807, 2.05) is 36.4 Å². The van der Waals surface area contributed by atoms with Gasteiger partial charge in [-0.25, -0.2) is 9.97 Å². The summed E-state index contributed by atoms with van der Waals surface area (Å²) in [6.07, 6.45) is 9.10. The molecular weight excluding hydrogens is 380 g/mol. The summed E-state index contributed by atoms with van der Waals surface area (Å²) in [5.74, 6) is 2.05. The molecule has 30 heavy (non-hydrogen) atoms. The van der Waals surface area contributed by atoms with Crippen LogP contribution in [0, 0.1) is 0 Å². The fraction of sp³-hybridized carbons (Fsp3) is 0.174. The third kappa shape index (κ3) is 3.57. The minimum atomic E-state index is 0.587. The lowest BCUT2D eigenvalue weighted by molar-refractivity contribution is 0.394. The first-order valence-electron chi connectivity index (χ1n) is 9.61. The number of nitrogens with zero attached hydrogens (tertiary/aromatic N) is 4. The molecule has 0 spiro atoms. The van der Waals surface area contributed by atoms with Crippen molar-refractivity contribution in [1.82, 2.24) is 15.0 Å². The number of hydrogen-bond acceptors (Lipinski definition) is 7. The lowest BCUT2D eigenvalue weighted by Crippen LogP contribution is -2.09. The smallest absolute Gasteiger partial charge is 0.181 e. The van der Waals surface area contributed by atoms with Crippen molar-refractivity contribution in [2.75, 3.05) is 19.1 Å².